The summed E-state index contributed by atoms with van der Waals surface area (Å²) in [6.45, 7) is 4.07. The number of halogens is 2. The molecule has 4 atom stereocenters. The first-order valence-electron chi connectivity index (χ1n) is 9.47. The van der Waals surface area contributed by atoms with Crippen LogP contribution in [0, 0.1) is 30.4 Å². The predicted molar refractivity (Wildman–Crippen MR) is 101 cm³/mol. The Hall–Kier alpha value is -2.09. The van der Waals surface area contributed by atoms with Crippen molar-refractivity contribution in [2.24, 2.45) is 11.8 Å². The van der Waals surface area contributed by atoms with Crippen molar-refractivity contribution in [3.63, 3.8) is 0 Å². The SMILES string of the molecule is Cc1ccc(F)cc1F.Oc1ccc(C(O)CN2C[C@H]3CC(O)C[C@H]3C2)nc1. The van der Waals surface area contributed by atoms with Gasteiger partial charge < -0.3 is 15.3 Å². The minimum absolute atomic E-state index is 0.112. The molecule has 152 valence electrons. The Morgan fingerprint density at radius 1 is 1.14 bits per heavy atom. The maximum atomic E-state index is 12.3. The van der Waals surface area contributed by atoms with Gasteiger partial charge in [-0.3, -0.25) is 9.88 Å². The van der Waals surface area contributed by atoms with Crippen molar-refractivity contribution in [1.82, 2.24) is 9.88 Å². The Labute approximate surface area is 163 Å². The summed E-state index contributed by atoms with van der Waals surface area (Å²) in [6, 6.07) is 6.71. The maximum Gasteiger partial charge on any atom is 0.133 e. The topological polar surface area (TPSA) is 76.8 Å². The number of aliphatic hydroxyl groups excluding tert-OH is 2. The number of nitrogens with zero attached hydrogens (tertiary/aromatic N) is 2. The van der Waals surface area contributed by atoms with E-state index in [1.165, 1.54) is 18.3 Å². The van der Waals surface area contributed by atoms with Crippen molar-refractivity contribution in [3.05, 3.63) is 59.4 Å². The van der Waals surface area contributed by atoms with Gasteiger partial charge in [0.2, 0.25) is 0 Å². The van der Waals surface area contributed by atoms with Crippen molar-refractivity contribution in [2.75, 3.05) is 19.6 Å². The van der Waals surface area contributed by atoms with Gasteiger partial charge in [-0.2, -0.15) is 0 Å². The molecule has 2 aliphatic rings. The monoisotopic (exact) mass is 392 g/mol. The normalized spacial score (nSPS) is 25.1. The Kier molecular flexibility index (Phi) is 6.59. The van der Waals surface area contributed by atoms with Crippen LogP contribution in [0.4, 0.5) is 8.78 Å². The summed E-state index contributed by atoms with van der Waals surface area (Å²) in [6.07, 6.45) is 2.40. The van der Waals surface area contributed by atoms with Crippen LogP contribution >= 0.6 is 0 Å². The zero-order valence-corrected chi connectivity index (χ0v) is 15.8. The fourth-order valence-corrected chi connectivity index (χ4v) is 4.01. The second kappa shape index (κ2) is 8.94. The fraction of sp³-hybridized carbons (Fsp3) is 0.476. The lowest BCUT2D eigenvalue weighted by Gasteiger charge is -2.21. The van der Waals surface area contributed by atoms with E-state index in [9.17, 15) is 24.1 Å². The average molecular weight is 392 g/mol. The summed E-state index contributed by atoms with van der Waals surface area (Å²) >= 11 is 0. The van der Waals surface area contributed by atoms with Gasteiger partial charge in [0.05, 0.1) is 18.0 Å². The quantitative estimate of drug-likeness (QED) is 0.749. The second-order valence-corrected chi connectivity index (χ2v) is 7.71. The fourth-order valence-electron chi connectivity index (χ4n) is 4.01. The molecule has 1 aliphatic heterocycles. The molecule has 5 nitrogen and oxygen atoms in total. The smallest absolute Gasteiger partial charge is 0.133 e. The predicted octanol–water partition coefficient (Wildman–Crippen LogP) is 2.80. The molecule has 28 heavy (non-hydrogen) atoms. The lowest BCUT2D eigenvalue weighted by Crippen LogP contribution is -2.28. The summed E-state index contributed by atoms with van der Waals surface area (Å²) in [5, 5.41) is 28.9. The molecule has 1 saturated carbocycles. The van der Waals surface area contributed by atoms with E-state index in [0.29, 0.717) is 29.6 Å². The number of pyridine rings is 1. The van der Waals surface area contributed by atoms with Crippen LogP contribution in [0.2, 0.25) is 0 Å². The van der Waals surface area contributed by atoms with Gasteiger partial charge in [-0.1, -0.05) is 6.07 Å². The van der Waals surface area contributed by atoms with Crippen LogP contribution in [0.5, 0.6) is 5.75 Å². The molecule has 1 saturated heterocycles. The molecule has 0 amide bonds. The minimum Gasteiger partial charge on any atom is -0.506 e. The Balaban J connectivity index is 0.000000211. The van der Waals surface area contributed by atoms with Gasteiger partial charge >= 0.3 is 0 Å². The van der Waals surface area contributed by atoms with Crippen molar-refractivity contribution in [2.45, 2.75) is 32.0 Å². The first kappa shape index (κ1) is 20.6. The van der Waals surface area contributed by atoms with Crippen molar-refractivity contribution < 1.29 is 24.1 Å². The van der Waals surface area contributed by atoms with E-state index in [2.05, 4.69) is 9.88 Å². The number of rotatable bonds is 3. The van der Waals surface area contributed by atoms with E-state index >= 15 is 0 Å². The highest BCUT2D eigenvalue weighted by Crippen LogP contribution is 2.38. The number of aromatic hydroxyl groups is 1. The molecule has 2 fully saturated rings. The number of aliphatic hydroxyl groups is 2. The Bertz CT molecular complexity index is 774. The summed E-state index contributed by atoms with van der Waals surface area (Å²) in [5.74, 6) is 0.249. The first-order chi connectivity index (χ1) is 13.3. The number of β-amino-alcohol motifs (C(OH)–C–C–N with tert-alkyl or cyclic N) is 1. The highest BCUT2D eigenvalue weighted by Gasteiger charge is 2.40. The maximum absolute atomic E-state index is 12.3. The Morgan fingerprint density at radius 2 is 1.82 bits per heavy atom. The third-order valence-corrected chi connectivity index (χ3v) is 5.48. The molecule has 1 aliphatic carbocycles. The Morgan fingerprint density at radius 3 is 2.36 bits per heavy atom. The van der Waals surface area contributed by atoms with Crippen molar-refractivity contribution >= 4 is 0 Å². The highest BCUT2D eigenvalue weighted by atomic mass is 19.1. The highest BCUT2D eigenvalue weighted by molar-refractivity contribution is 5.19. The molecular formula is C21H26F2N2O3. The molecule has 1 aromatic heterocycles. The molecule has 3 N–H and O–H groups in total. The number of fused-ring (bicyclic) bond motifs is 1. The molecule has 4 rings (SSSR count). The van der Waals surface area contributed by atoms with Crippen LogP contribution in [0.25, 0.3) is 0 Å². The number of aryl methyl sites for hydroxylation is 1. The summed E-state index contributed by atoms with van der Waals surface area (Å²) in [7, 11) is 0. The van der Waals surface area contributed by atoms with Crippen LogP contribution in [0.1, 0.15) is 30.2 Å². The van der Waals surface area contributed by atoms with Gasteiger partial charge in [-0.05, 0) is 55.4 Å². The number of aromatic nitrogens is 1. The standard InChI is InChI=1S/C14H20N2O3.C7H6F2/c17-11-1-2-13(15-5-11)14(19)8-16-6-9-3-12(18)4-10(9)7-16;1-5-2-3-6(8)4-7(5)9/h1-2,5,9-10,12,14,17-19H,3-4,6-8H2;2-4H,1H3/t9-,10+,12?,14?;. The van der Waals surface area contributed by atoms with Gasteiger partial charge in [-0.25, -0.2) is 8.78 Å². The lowest BCUT2D eigenvalue weighted by molar-refractivity contribution is 0.110. The van der Waals surface area contributed by atoms with Gasteiger partial charge in [-0.15, -0.1) is 0 Å². The van der Waals surface area contributed by atoms with E-state index in [1.807, 2.05) is 0 Å². The van der Waals surface area contributed by atoms with E-state index in [4.69, 9.17) is 0 Å². The van der Waals surface area contributed by atoms with E-state index in [0.717, 1.165) is 32.0 Å². The van der Waals surface area contributed by atoms with Crippen LogP contribution in [-0.2, 0) is 0 Å². The number of hydrogen-bond donors (Lipinski definition) is 3. The van der Waals surface area contributed by atoms with Crippen molar-refractivity contribution in [3.8, 4) is 5.75 Å². The van der Waals surface area contributed by atoms with Gasteiger partial charge in [0.1, 0.15) is 23.5 Å². The molecule has 0 radical (unpaired) electrons. The molecule has 2 unspecified atom stereocenters. The second-order valence-electron chi connectivity index (χ2n) is 7.71. The zero-order chi connectivity index (χ0) is 20.3. The van der Waals surface area contributed by atoms with E-state index < -0.39 is 17.7 Å². The number of likely N-dealkylation sites (tertiary alicyclic amines) is 1. The summed E-state index contributed by atoms with van der Waals surface area (Å²) in [4.78, 5) is 6.29. The van der Waals surface area contributed by atoms with Gasteiger partial charge in [0.25, 0.3) is 0 Å². The molecule has 1 aromatic carbocycles. The summed E-state index contributed by atoms with van der Waals surface area (Å²) < 4.78 is 24.4. The van der Waals surface area contributed by atoms with Crippen molar-refractivity contribution in [1.29, 1.82) is 0 Å². The van der Waals surface area contributed by atoms with E-state index in [1.54, 1.807) is 19.1 Å². The van der Waals surface area contributed by atoms with Crippen LogP contribution in [0.3, 0.4) is 0 Å². The molecule has 2 aromatic rings. The molecule has 2 heterocycles. The average Bonchev–Trinajstić information content (AvgIpc) is 3.16. The zero-order valence-electron chi connectivity index (χ0n) is 15.8. The largest absolute Gasteiger partial charge is 0.506 e. The first-order valence-corrected chi connectivity index (χ1v) is 9.47. The molecule has 0 bridgehead atoms. The third-order valence-electron chi connectivity index (χ3n) is 5.48. The van der Waals surface area contributed by atoms with Gasteiger partial charge in [0.15, 0.2) is 0 Å². The number of hydrogen-bond acceptors (Lipinski definition) is 5. The van der Waals surface area contributed by atoms with Crippen LogP contribution < -0.4 is 0 Å². The lowest BCUT2D eigenvalue weighted by atomic mass is 10.0. The number of benzene rings is 1. The third kappa shape index (κ3) is 5.25. The molecule has 7 heteroatoms. The molecule has 0 spiro atoms. The van der Waals surface area contributed by atoms with Crippen LogP contribution in [0.15, 0.2) is 36.5 Å². The van der Waals surface area contributed by atoms with Crippen LogP contribution in [-0.4, -0.2) is 50.9 Å². The molecular weight excluding hydrogens is 366 g/mol. The minimum atomic E-state index is -0.621. The van der Waals surface area contributed by atoms with E-state index in [-0.39, 0.29) is 11.9 Å². The van der Waals surface area contributed by atoms with Gasteiger partial charge in [0, 0.05) is 25.7 Å². The summed E-state index contributed by atoms with van der Waals surface area (Å²) in [5.41, 5.74) is 1.06.